The van der Waals surface area contributed by atoms with Gasteiger partial charge in [0.2, 0.25) is 0 Å². The predicted octanol–water partition coefficient (Wildman–Crippen LogP) is 2.26. The first kappa shape index (κ1) is 15.2. The number of hydrogen-bond acceptors (Lipinski definition) is 5. The van der Waals surface area contributed by atoms with Crippen LogP contribution in [0, 0.1) is 6.92 Å². The third-order valence-electron chi connectivity index (χ3n) is 2.72. The molecule has 0 N–H and O–H groups in total. The van der Waals surface area contributed by atoms with Gasteiger partial charge < -0.3 is 14.1 Å². The number of amides is 1. The van der Waals surface area contributed by atoms with Gasteiger partial charge >= 0.3 is 6.09 Å². The molecule has 1 unspecified atom stereocenters. The maximum absolute atomic E-state index is 12.0. The molecule has 0 radical (unpaired) electrons. The Labute approximate surface area is 112 Å². The van der Waals surface area contributed by atoms with Gasteiger partial charge in [0.15, 0.2) is 17.6 Å². The Kier molecular flexibility index (Phi) is 4.03. The molecule has 0 aromatic carbocycles. The number of carbonyl (C=O) groups excluding carboxylic acids is 2. The van der Waals surface area contributed by atoms with E-state index in [4.69, 9.17) is 9.26 Å². The van der Waals surface area contributed by atoms with Crippen LogP contribution in [-0.4, -0.2) is 35.1 Å². The minimum atomic E-state index is -1.25. The molecule has 1 aromatic heterocycles. The van der Waals surface area contributed by atoms with Gasteiger partial charge in [0.25, 0.3) is 0 Å². The first-order chi connectivity index (χ1) is 8.60. The van der Waals surface area contributed by atoms with Crippen LogP contribution in [0.25, 0.3) is 0 Å². The van der Waals surface area contributed by atoms with Crippen molar-refractivity contribution in [2.24, 2.45) is 0 Å². The Morgan fingerprint density at radius 1 is 1.42 bits per heavy atom. The van der Waals surface area contributed by atoms with Crippen molar-refractivity contribution in [3.8, 4) is 0 Å². The summed E-state index contributed by atoms with van der Waals surface area (Å²) in [6.45, 7) is 8.59. The lowest BCUT2D eigenvalue weighted by Crippen LogP contribution is -2.48. The van der Waals surface area contributed by atoms with Crippen molar-refractivity contribution >= 4 is 12.4 Å². The molecule has 0 aliphatic heterocycles. The molecular weight excluding hydrogens is 248 g/mol. The number of aromatic nitrogens is 1. The van der Waals surface area contributed by atoms with Crippen LogP contribution in [0.15, 0.2) is 10.6 Å². The average Bonchev–Trinajstić information content (AvgIpc) is 2.72. The van der Waals surface area contributed by atoms with E-state index in [1.807, 2.05) is 0 Å². The SMILES string of the molecule is Cc1cc(C(C)(C=O)N(C)C(=O)OC(C)(C)C)on1. The summed E-state index contributed by atoms with van der Waals surface area (Å²) < 4.78 is 10.3. The molecule has 0 bridgehead atoms. The van der Waals surface area contributed by atoms with Gasteiger partial charge in [-0.25, -0.2) is 4.79 Å². The van der Waals surface area contributed by atoms with Crippen molar-refractivity contribution in [3.63, 3.8) is 0 Å². The topological polar surface area (TPSA) is 72.6 Å². The Morgan fingerprint density at radius 3 is 2.37 bits per heavy atom. The molecule has 1 amide bonds. The molecule has 0 saturated carbocycles. The summed E-state index contributed by atoms with van der Waals surface area (Å²) in [5.74, 6) is 0.299. The molecule has 0 aliphatic carbocycles. The molecule has 6 heteroatoms. The van der Waals surface area contributed by atoms with Crippen LogP contribution >= 0.6 is 0 Å². The zero-order valence-corrected chi connectivity index (χ0v) is 12.2. The number of carbonyl (C=O) groups is 2. The maximum Gasteiger partial charge on any atom is 0.411 e. The summed E-state index contributed by atoms with van der Waals surface area (Å²) in [4.78, 5) is 24.6. The van der Waals surface area contributed by atoms with Crippen molar-refractivity contribution in [1.82, 2.24) is 10.1 Å². The molecule has 1 heterocycles. The van der Waals surface area contributed by atoms with Crippen LogP contribution < -0.4 is 0 Å². The first-order valence-electron chi connectivity index (χ1n) is 5.97. The lowest BCUT2D eigenvalue weighted by atomic mass is 9.99. The molecule has 0 fully saturated rings. The fourth-order valence-electron chi connectivity index (χ4n) is 1.42. The normalized spacial score (nSPS) is 14.6. The molecule has 19 heavy (non-hydrogen) atoms. The number of aldehydes is 1. The summed E-state index contributed by atoms with van der Waals surface area (Å²) in [5.41, 5.74) is -1.24. The minimum Gasteiger partial charge on any atom is -0.444 e. The van der Waals surface area contributed by atoms with Gasteiger partial charge in [-0.15, -0.1) is 0 Å². The van der Waals surface area contributed by atoms with Gasteiger partial charge in [-0.3, -0.25) is 4.90 Å². The number of nitrogens with zero attached hydrogens (tertiary/aromatic N) is 2. The van der Waals surface area contributed by atoms with Crippen molar-refractivity contribution in [2.45, 2.75) is 45.8 Å². The molecular formula is C13H20N2O4. The summed E-state index contributed by atoms with van der Waals surface area (Å²) >= 11 is 0. The van der Waals surface area contributed by atoms with E-state index < -0.39 is 17.2 Å². The summed E-state index contributed by atoms with van der Waals surface area (Å²) in [7, 11) is 1.49. The van der Waals surface area contributed by atoms with Crippen LogP contribution in [0.5, 0.6) is 0 Å². The van der Waals surface area contributed by atoms with Crippen LogP contribution in [0.2, 0.25) is 0 Å². The van der Waals surface area contributed by atoms with Crippen LogP contribution in [0.3, 0.4) is 0 Å². The fourth-order valence-corrected chi connectivity index (χ4v) is 1.42. The highest BCUT2D eigenvalue weighted by Crippen LogP contribution is 2.27. The third kappa shape index (κ3) is 3.33. The molecule has 106 valence electrons. The van der Waals surface area contributed by atoms with E-state index in [1.54, 1.807) is 40.7 Å². The molecule has 1 aromatic rings. The number of likely N-dealkylation sites (N-methyl/N-ethyl adjacent to an activating group) is 1. The van der Waals surface area contributed by atoms with Crippen LogP contribution in [0.4, 0.5) is 4.79 Å². The highest BCUT2D eigenvalue weighted by Gasteiger charge is 2.40. The van der Waals surface area contributed by atoms with Gasteiger partial charge in [0, 0.05) is 13.1 Å². The van der Waals surface area contributed by atoms with Gasteiger partial charge in [-0.05, 0) is 34.6 Å². The average molecular weight is 268 g/mol. The van der Waals surface area contributed by atoms with E-state index in [0.717, 1.165) is 0 Å². The van der Waals surface area contributed by atoms with Crippen molar-refractivity contribution in [2.75, 3.05) is 7.05 Å². The Morgan fingerprint density at radius 2 is 2.00 bits per heavy atom. The number of aryl methyl sites for hydroxylation is 1. The monoisotopic (exact) mass is 268 g/mol. The van der Waals surface area contributed by atoms with E-state index in [0.29, 0.717) is 17.7 Å². The number of rotatable bonds is 3. The molecule has 0 spiro atoms. The molecule has 0 saturated heterocycles. The van der Waals surface area contributed by atoms with Gasteiger partial charge in [-0.2, -0.15) is 0 Å². The smallest absolute Gasteiger partial charge is 0.411 e. The van der Waals surface area contributed by atoms with E-state index in [1.165, 1.54) is 11.9 Å². The minimum absolute atomic E-state index is 0.299. The van der Waals surface area contributed by atoms with Gasteiger partial charge in [-0.1, -0.05) is 5.16 Å². The zero-order chi connectivity index (χ0) is 14.8. The molecule has 0 aliphatic rings. The number of hydrogen-bond donors (Lipinski definition) is 0. The molecule has 1 atom stereocenters. The largest absolute Gasteiger partial charge is 0.444 e. The van der Waals surface area contributed by atoms with E-state index >= 15 is 0 Å². The highest BCUT2D eigenvalue weighted by atomic mass is 16.6. The first-order valence-corrected chi connectivity index (χ1v) is 5.97. The maximum atomic E-state index is 12.0. The third-order valence-corrected chi connectivity index (χ3v) is 2.72. The zero-order valence-electron chi connectivity index (χ0n) is 12.2. The predicted molar refractivity (Wildman–Crippen MR) is 68.7 cm³/mol. The Balaban J connectivity index is 3.02. The van der Waals surface area contributed by atoms with E-state index in [2.05, 4.69) is 5.16 Å². The van der Waals surface area contributed by atoms with Crippen LogP contribution in [0.1, 0.15) is 39.1 Å². The second kappa shape index (κ2) is 5.03. The van der Waals surface area contributed by atoms with Crippen molar-refractivity contribution in [3.05, 3.63) is 17.5 Å². The lowest BCUT2D eigenvalue weighted by molar-refractivity contribution is -0.118. The summed E-state index contributed by atoms with van der Waals surface area (Å²) in [6.07, 6.45) is 0.0350. The second-order valence-electron chi connectivity index (χ2n) is 5.64. The fraction of sp³-hybridized carbons (Fsp3) is 0.615. The Hall–Kier alpha value is -1.85. The van der Waals surface area contributed by atoms with Crippen molar-refractivity contribution in [1.29, 1.82) is 0 Å². The van der Waals surface area contributed by atoms with Gasteiger partial charge in [0.05, 0.1) is 5.69 Å². The Bertz CT molecular complexity index is 475. The lowest BCUT2D eigenvalue weighted by Gasteiger charge is -2.33. The quantitative estimate of drug-likeness (QED) is 0.786. The summed E-state index contributed by atoms with van der Waals surface area (Å²) in [5, 5.41) is 3.73. The second-order valence-corrected chi connectivity index (χ2v) is 5.64. The molecule has 1 rings (SSSR count). The van der Waals surface area contributed by atoms with E-state index in [-0.39, 0.29) is 0 Å². The highest BCUT2D eigenvalue weighted by molar-refractivity contribution is 5.77. The summed E-state index contributed by atoms with van der Waals surface area (Å²) in [6, 6.07) is 1.62. The van der Waals surface area contributed by atoms with Crippen molar-refractivity contribution < 1.29 is 18.8 Å². The molecule has 6 nitrogen and oxygen atoms in total. The number of ether oxygens (including phenoxy) is 1. The van der Waals surface area contributed by atoms with Gasteiger partial charge in [0.1, 0.15) is 5.60 Å². The van der Waals surface area contributed by atoms with E-state index in [9.17, 15) is 9.59 Å². The standard InChI is InChI=1S/C13H20N2O4/c1-9-7-10(19-14-9)13(5,8-16)15(6)11(17)18-12(2,3)4/h7-8H,1-6H3. The van der Waals surface area contributed by atoms with Crippen LogP contribution in [-0.2, 0) is 15.1 Å².